The predicted octanol–water partition coefficient (Wildman–Crippen LogP) is 3.79. The summed E-state index contributed by atoms with van der Waals surface area (Å²) in [4.78, 5) is 14.4. The Kier molecular flexibility index (Phi) is 7.73. The summed E-state index contributed by atoms with van der Waals surface area (Å²) in [5, 5.41) is 11.4. The van der Waals surface area contributed by atoms with Crippen LogP contribution in [-0.2, 0) is 4.79 Å². The molecule has 0 aliphatic heterocycles. The largest absolute Gasteiger partial charge is 0.497 e. The van der Waals surface area contributed by atoms with E-state index in [9.17, 15) is 4.79 Å². The molecule has 0 saturated carbocycles. The molecule has 3 rings (SSSR count). The average Bonchev–Trinajstić information content (AvgIpc) is 3.24. The number of methoxy groups -OCH3 is 1. The first-order valence-electron chi connectivity index (χ1n) is 9.78. The van der Waals surface area contributed by atoms with Gasteiger partial charge in [0.15, 0.2) is 0 Å². The van der Waals surface area contributed by atoms with Crippen LogP contribution in [0.1, 0.15) is 12.5 Å². The molecule has 8 heteroatoms. The number of benzene rings is 2. The van der Waals surface area contributed by atoms with Crippen LogP contribution in [-0.4, -0.2) is 48.6 Å². The van der Waals surface area contributed by atoms with Gasteiger partial charge in [0.2, 0.25) is 11.8 Å². The Hall–Kier alpha value is -3.00. The van der Waals surface area contributed by atoms with Gasteiger partial charge in [-0.15, -0.1) is 10.2 Å². The summed E-state index contributed by atoms with van der Waals surface area (Å²) in [5.41, 5.74) is 3.19. The number of amides is 1. The van der Waals surface area contributed by atoms with Gasteiger partial charge >= 0.3 is 0 Å². The molecule has 7 nitrogen and oxygen atoms in total. The van der Waals surface area contributed by atoms with Gasteiger partial charge in [0.05, 0.1) is 12.9 Å². The van der Waals surface area contributed by atoms with Crippen molar-refractivity contribution in [1.29, 1.82) is 0 Å². The second kappa shape index (κ2) is 10.7. The Morgan fingerprint density at radius 3 is 2.70 bits per heavy atom. The van der Waals surface area contributed by atoms with Gasteiger partial charge in [-0.1, -0.05) is 23.9 Å². The number of thioether (sulfide) groups is 1. The topological polar surface area (TPSA) is 80.5 Å². The highest BCUT2D eigenvalue weighted by Crippen LogP contribution is 2.24. The summed E-state index contributed by atoms with van der Waals surface area (Å²) in [7, 11) is 1.61. The number of rotatable bonds is 10. The highest BCUT2D eigenvalue weighted by atomic mass is 32.2. The fraction of sp³-hybridized carbons (Fsp3) is 0.318. The van der Waals surface area contributed by atoms with Gasteiger partial charge in [0.1, 0.15) is 5.75 Å². The molecular weight excluding hydrogens is 400 g/mol. The van der Waals surface area contributed by atoms with Gasteiger partial charge in [-0.25, -0.2) is 0 Å². The van der Waals surface area contributed by atoms with Crippen molar-refractivity contribution >= 4 is 23.4 Å². The molecule has 2 aromatic carbocycles. The van der Waals surface area contributed by atoms with Crippen LogP contribution in [0.25, 0.3) is 11.5 Å². The summed E-state index contributed by atoms with van der Waals surface area (Å²) < 4.78 is 10.8. The molecular formula is C22H26N4O3S. The third-order valence-electron chi connectivity index (χ3n) is 4.52. The van der Waals surface area contributed by atoms with Gasteiger partial charge in [-0.2, -0.15) is 0 Å². The maximum Gasteiger partial charge on any atom is 0.277 e. The van der Waals surface area contributed by atoms with Crippen LogP contribution in [0, 0.1) is 6.92 Å². The van der Waals surface area contributed by atoms with E-state index in [-0.39, 0.29) is 11.7 Å². The summed E-state index contributed by atoms with van der Waals surface area (Å²) in [5.74, 6) is 1.33. The molecule has 158 valence electrons. The van der Waals surface area contributed by atoms with Crippen molar-refractivity contribution in [2.75, 3.05) is 37.4 Å². The van der Waals surface area contributed by atoms with Crippen molar-refractivity contribution in [3.63, 3.8) is 0 Å². The van der Waals surface area contributed by atoms with Gasteiger partial charge in [0, 0.05) is 30.9 Å². The number of aryl methyl sites for hydroxylation is 1. The van der Waals surface area contributed by atoms with Crippen LogP contribution in [0.2, 0.25) is 0 Å². The van der Waals surface area contributed by atoms with Gasteiger partial charge < -0.3 is 19.4 Å². The normalized spacial score (nSPS) is 10.6. The molecule has 30 heavy (non-hydrogen) atoms. The molecule has 0 atom stereocenters. The van der Waals surface area contributed by atoms with Gasteiger partial charge in [0.25, 0.3) is 5.22 Å². The second-order valence-corrected chi connectivity index (χ2v) is 7.59. The fourth-order valence-corrected chi connectivity index (χ4v) is 3.51. The van der Waals surface area contributed by atoms with Crippen molar-refractivity contribution in [3.05, 3.63) is 54.1 Å². The molecule has 0 aliphatic rings. The SMILES string of the molecule is CCN(CCNC(=O)CSc1nnc(-c2ccc(OC)cc2)o1)c1cccc(C)c1. The maximum atomic E-state index is 12.2. The number of hydrogen-bond donors (Lipinski definition) is 1. The van der Waals surface area contributed by atoms with Gasteiger partial charge in [-0.3, -0.25) is 4.79 Å². The van der Waals surface area contributed by atoms with Crippen LogP contribution in [0.3, 0.4) is 0 Å². The first kappa shape index (κ1) is 21.7. The zero-order valence-electron chi connectivity index (χ0n) is 17.4. The lowest BCUT2D eigenvalue weighted by Gasteiger charge is -2.23. The Bertz CT molecular complexity index is 959. The average molecular weight is 427 g/mol. The number of nitrogens with one attached hydrogen (secondary N) is 1. The zero-order chi connectivity index (χ0) is 21.3. The lowest BCUT2D eigenvalue weighted by atomic mass is 10.2. The summed E-state index contributed by atoms with van der Waals surface area (Å²) in [6.45, 7) is 6.38. The van der Waals surface area contributed by atoms with Crippen molar-refractivity contribution < 1.29 is 13.9 Å². The number of aromatic nitrogens is 2. The number of ether oxygens (including phenoxy) is 1. The van der Waals surface area contributed by atoms with Gasteiger partial charge in [-0.05, 0) is 55.8 Å². The van der Waals surface area contributed by atoms with E-state index in [1.54, 1.807) is 7.11 Å². The van der Waals surface area contributed by atoms with E-state index in [2.05, 4.69) is 52.5 Å². The molecule has 0 fully saturated rings. The first-order valence-corrected chi connectivity index (χ1v) is 10.8. The number of carbonyl (C=O) groups is 1. The molecule has 0 unspecified atom stereocenters. The standard InChI is InChI=1S/C22H26N4O3S/c1-4-26(18-7-5-6-16(2)14-18)13-12-23-20(27)15-30-22-25-24-21(29-22)17-8-10-19(28-3)11-9-17/h5-11,14H,4,12-13,15H2,1-3H3,(H,23,27). The Morgan fingerprint density at radius 1 is 1.20 bits per heavy atom. The molecule has 0 bridgehead atoms. The molecule has 0 aliphatic carbocycles. The summed E-state index contributed by atoms with van der Waals surface area (Å²) in [6.07, 6.45) is 0. The highest BCUT2D eigenvalue weighted by molar-refractivity contribution is 7.99. The number of anilines is 1. The van der Waals surface area contributed by atoms with E-state index < -0.39 is 0 Å². The number of carbonyl (C=O) groups excluding carboxylic acids is 1. The van der Waals surface area contributed by atoms with Crippen molar-refractivity contribution in [1.82, 2.24) is 15.5 Å². The molecule has 0 saturated heterocycles. The van der Waals surface area contributed by atoms with E-state index in [4.69, 9.17) is 9.15 Å². The zero-order valence-corrected chi connectivity index (χ0v) is 18.2. The van der Waals surface area contributed by atoms with Crippen LogP contribution >= 0.6 is 11.8 Å². The summed E-state index contributed by atoms with van der Waals surface area (Å²) in [6, 6.07) is 15.7. The molecule has 1 aromatic heterocycles. The lowest BCUT2D eigenvalue weighted by Crippen LogP contribution is -2.35. The minimum atomic E-state index is -0.0653. The van der Waals surface area contributed by atoms with Crippen molar-refractivity contribution in [3.8, 4) is 17.2 Å². The number of nitrogens with zero attached hydrogens (tertiary/aromatic N) is 3. The Morgan fingerprint density at radius 2 is 2.00 bits per heavy atom. The van der Waals surface area contributed by atoms with Crippen LogP contribution in [0.5, 0.6) is 5.75 Å². The second-order valence-electron chi connectivity index (χ2n) is 6.66. The van der Waals surface area contributed by atoms with Crippen LogP contribution in [0.4, 0.5) is 5.69 Å². The third-order valence-corrected chi connectivity index (χ3v) is 5.34. The fourth-order valence-electron chi connectivity index (χ4n) is 2.92. The monoisotopic (exact) mass is 426 g/mol. The van der Waals surface area contributed by atoms with Crippen molar-refractivity contribution in [2.45, 2.75) is 19.1 Å². The molecule has 3 aromatic rings. The molecule has 1 N–H and O–H groups in total. The minimum Gasteiger partial charge on any atom is -0.497 e. The van der Waals surface area contributed by atoms with Crippen molar-refractivity contribution in [2.24, 2.45) is 0 Å². The highest BCUT2D eigenvalue weighted by Gasteiger charge is 2.12. The van der Waals surface area contributed by atoms with Crippen LogP contribution < -0.4 is 15.0 Å². The van der Waals surface area contributed by atoms with E-state index in [0.717, 1.165) is 30.1 Å². The smallest absolute Gasteiger partial charge is 0.277 e. The first-order chi connectivity index (χ1) is 14.6. The van der Waals surface area contributed by atoms with E-state index in [1.165, 1.54) is 17.3 Å². The van der Waals surface area contributed by atoms with E-state index in [1.807, 2.05) is 30.3 Å². The van der Waals surface area contributed by atoms with E-state index in [0.29, 0.717) is 17.7 Å². The molecule has 1 amide bonds. The number of hydrogen-bond acceptors (Lipinski definition) is 7. The lowest BCUT2D eigenvalue weighted by molar-refractivity contribution is -0.118. The summed E-state index contributed by atoms with van der Waals surface area (Å²) >= 11 is 1.22. The Balaban J connectivity index is 1.44. The van der Waals surface area contributed by atoms with Crippen LogP contribution in [0.15, 0.2) is 58.2 Å². The molecule has 1 heterocycles. The van der Waals surface area contributed by atoms with E-state index >= 15 is 0 Å². The molecule has 0 radical (unpaired) electrons. The maximum absolute atomic E-state index is 12.2. The number of likely N-dealkylation sites (N-methyl/N-ethyl adjacent to an activating group) is 1. The molecule has 0 spiro atoms. The Labute approximate surface area is 180 Å². The predicted molar refractivity (Wildman–Crippen MR) is 119 cm³/mol. The third kappa shape index (κ3) is 6.00. The minimum absolute atomic E-state index is 0.0653. The quantitative estimate of drug-likeness (QED) is 0.494.